The standard InChI is InChI=1S/C12H14FNO3/c13-11-5-9(1-2-10(11)12(16)17)14-4-3-8(6-14)7-15/h1-2,5,8,15H,3-4,6-7H2,(H,16,17). The summed E-state index contributed by atoms with van der Waals surface area (Å²) in [5.74, 6) is -1.76. The van der Waals surface area contributed by atoms with Crippen LogP contribution >= 0.6 is 0 Å². The van der Waals surface area contributed by atoms with Crippen molar-refractivity contribution in [2.24, 2.45) is 5.92 Å². The molecule has 1 aliphatic rings. The first-order chi connectivity index (χ1) is 8.11. The maximum Gasteiger partial charge on any atom is 0.338 e. The Labute approximate surface area is 98.3 Å². The van der Waals surface area contributed by atoms with Gasteiger partial charge in [-0.2, -0.15) is 0 Å². The fraction of sp³-hybridized carbons (Fsp3) is 0.417. The van der Waals surface area contributed by atoms with Crippen LogP contribution in [0.2, 0.25) is 0 Å². The van der Waals surface area contributed by atoms with Crippen LogP contribution in [-0.2, 0) is 0 Å². The molecule has 0 aromatic heterocycles. The van der Waals surface area contributed by atoms with Gasteiger partial charge in [0, 0.05) is 31.3 Å². The molecule has 1 saturated heterocycles. The normalized spacial score (nSPS) is 19.6. The summed E-state index contributed by atoms with van der Waals surface area (Å²) >= 11 is 0. The summed E-state index contributed by atoms with van der Waals surface area (Å²) in [7, 11) is 0. The number of rotatable bonds is 3. The smallest absolute Gasteiger partial charge is 0.338 e. The van der Waals surface area contributed by atoms with E-state index in [1.54, 1.807) is 6.07 Å². The van der Waals surface area contributed by atoms with Crippen LogP contribution in [0.25, 0.3) is 0 Å². The van der Waals surface area contributed by atoms with E-state index < -0.39 is 11.8 Å². The van der Waals surface area contributed by atoms with Crippen molar-refractivity contribution in [3.8, 4) is 0 Å². The number of carboxylic acid groups (broad SMARTS) is 1. The summed E-state index contributed by atoms with van der Waals surface area (Å²) in [4.78, 5) is 12.6. The molecular formula is C12H14FNO3. The van der Waals surface area contributed by atoms with Crippen molar-refractivity contribution < 1.29 is 19.4 Å². The first-order valence-corrected chi connectivity index (χ1v) is 5.50. The molecule has 1 aromatic rings. The van der Waals surface area contributed by atoms with Gasteiger partial charge in [-0.25, -0.2) is 9.18 Å². The zero-order valence-electron chi connectivity index (χ0n) is 9.27. The second kappa shape index (κ2) is 4.71. The molecule has 2 N–H and O–H groups in total. The molecule has 1 atom stereocenters. The van der Waals surface area contributed by atoms with Crippen LogP contribution in [0.3, 0.4) is 0 Å². The van der Waals surface area contributed by atoms with E-state index in [1.165, 1.54) is 12.1 Å². The summed E-state index contributed by atoms with van der Waals surface area (Å²) in [6.07, 6.45) is 0.874. The van der Waals surface area contributed by atoms with Crippen LogP contribution in [0.5, 0.6) is 0 Å². The molecule has 1 fully saturated rings. The Bertz CT molecular complexity index is 436. The Balaban J connectivity index is 2.18. The van der Waals surface area contributed by atoms with Crippen molar-refractivity contribution in [1.29, 1.82) is 0 Å². The molecule has 1 aliphatic heterocycles. The predicted molar refractivity (Wildman–Crippen MR) is 60.8 cm³/mol. The van der Waals surface area contributed by atoms with Gasteiger partial charge in [0.1, 0.15) is 5.82 Å². The van der Waals surface area contributed by atoms with Crippen LogP contribution in [0.15, 0.2) is 18.2 Å². The van der Waals surface area contributed by atoms with Crippen LogP contribution in [0.4, 0.5) is 10.1 Å². The highest BCUT2D eigenvalue weighted by Gasteiger charge is 2.23. The summed E-state index contributed by atoms with van der Waals surface area (Å²) in [6.45, 7) is 1.58. The van der Waals surface area contributed by atoms with Gasteiger partial charge in [0.05, 0.1) is 5.56 Å². The Hall–Kier alpha value is -1.62. The van der Waals surface area contributed by atoms with E-state index in [0.29, 0.717) is 12.2 Å². The minimum absolute atomic E-state index is 0.131. The minimum Gasteiger partial charge on any atom is -0.478 e. The molecule has 4 nitrogen and oxygen atoms in total. The maximum absolute atomic E-state index is 13.5. The Morgan fingerprint density at radius 2 is 2.29 bits per heavy atom. The average Bonchev–Trinajstić information content (AvgIpc) is 2.76. The third-order valence-electron chi connectivity index (χ3n) is 3.09. The number of nitrogens with zero attached hydrogens (tertiary/aromatic N) is 1. The van der Waals surface area contributed by atoms with Crippen molar-refractivity contribution in [3.63, 3.8) is 0 Å². The zero-order chi connectivity index (χ0) is 12.4. The van der Waals surface area contributed by atoms with Gasteiger partial charge in [-0.3, -0.25) is 0 Å². The molecule has 17 heavy (non-hydrogen) atoms. The molecule has 0 aliphatic carbocycles. The number of aromatic carboxylic acids is 1. The third-order valence-corrected chi connectivity index (χ3v) is 3.09. The number of benzene rings is 1. The summed E-state index contributed by atoms with van der Waals surface area (Å²) in [5, 5.41) is 17.7. The van der Waals surface area contributed by atoms with E-state index in [0.717, 1.165) is 13.0 Å². The predicted octanol–water partition coefficient (Wildman–Crippen LogP) is 1.34. The lowest BCUT2D eigenvalue weighted by Gasteiger charge is -2.18. The Kier molecular flexibility index (Phi) is 3.28. The summed E-state index contributed by atoms with van der Waals surface area (Å²) in [5.41, 5.74) is 0.357. The minimum atomic E-state index is -1.26. The van der Waals surface area contributed by atoms with Crippen LogP contribution < -0.4 is 4.90 Å². The van der Waals surface area contributed by atoms with Crippen LogP contribution in [-0.4, -0.2) is 35.9 Å². The number of aliphatic hydroxyl groups is 1. The molecule has 0 spiro atoms. The lowest BCUT2D eigenvalue weighted by Crippen LogP contribution is -2.21. The lowest BCUT2D eigenvalue weighted by molar-refractivity contribution is 0.0692. The topological polar surface area (TPSA) is 60.8 Å². The Morgan fingerprint density at radius 1 is 1.53 bits per heavy atom. The molecule has 1 aromatic carbocycles. The molecular weight excluding hydrogens is 225 g/mol. The highest BCUT2D eigenvalue weighted by molar-refractivity contribution is 5.88. The largest absolute Gasteiger partial charge is 0.478 e. The number of carboxylic acids is 1. The quantitative estimate of drug-likeness (QED) is 0.835. The molecule has 1 unspecified atom stereocenters. The fourth-order valence-corrected chi connectivity index (χ4v) is 2.09. The number of hydrogen-bond donors (Lipinski definition) is 2. The molecule has 92 valence electrons. The molecule has 0 amide bonds. The number of aliphatic hydroxyl groups excluding tert-OH is 1. The molecule has 2 rings (SSSR count). The number of anilines is 1. The monoisotopic (exact) mass is 239 g/mol. The van der Waals surface area contributed by atoms with Crippen molar-refractivity contribution in [2.75, 3.05) is 24.6 Å². The van der Waals surface area contributed by atoms with E-state index in [-0.39, 0.29) is 18.1 Å². The van der Waals surface area contributed by atoms with E-state index in [1.807, 2.05) is 4.90 Å². The first kappa shape index (κ1) is 11.9. The number of hydrogen-bond acceptors (Lipinski definition) is 3. The van der Waals surface area contributed by atoms with Gasteiger partial charge in [-0.15, -0.1) is 0 Å². The average molecular weight is 239 g/mol. The van der Waals surface area contributed by atoms with Crippen molar-refractivity contribution in [1.82, 2.24) is 0 Å². The van der Waals surface area contributed by atoms with Crippen molar-refractivity contribution >= 4 is 11.7 Å². The van der Waals surface area contributed by atoms with Crippen molar-refractivity contribution in [3.05, 3.63) is 29.6 Å². The lowest BCUT2D eigenvalue weighted by atomic mass is 10.1. The van der Waals surface area contributed by atoms with E-state index >= 15 is 0 Å². The highest BCUT2D eigenvalue weighted by Crippen LogP contribution is 2.25. The van der Waals surface area contributed by atoms with E-state index in [2.05, 4.69) is 0 Å². The third kappa shape index (κ3) is 2.39. The van der Waals surface area contributed by atoms with Gasteiger partial charge in [-0.05, 0) is 24.6 Å². The molecule has 0 saturated carbocycles. The SMILES string of the molecule is O=C(O)c1ccc(N2CCC(CO)C2)cc1F. The second-order valence-corrected chi connectivity index (χ2v) is 4.25. The van der Waals surface area contributed by atoms with E-state index in [4.69, 9.17) is 10.2 Å². The van der Waals surface area contributed by atoms with Gasteiger partial charge in [0.25, 0.3) is 0 Å². The van der Waals surface area contributed by atoms with Gasteiger partial charge >= 0.3 is 5.97 Å². The first-order valence-electron chi connectivity index (χ1n) is 5.50. The maximum atomic E-state index is 13.5. The van der Waals surface area contributed by atoms with Gasteiger partial charge < -0.3 is 15.1 Å². The highest BCUT2D eigenvalue weighted by atomic mass is 19.1. The molecule has 0 radical (unpaired) electrons. The molecule has 1 heterocycles. The number of halogens is 1. The molecule has 0 bridgehead atoms. The molecule has 5 heteroatoms. The summed E-state index contributed by atoms with van der Waals surface area (Å²) in [6, 6.07) is 4.12. The van der Waals surface area contributed by atoms with Crippen LogP contribution in [0, 0.1) is 11.7 Å². The Morgan fingerprint density at radius 3 is 2.82 bits per heavy atom. The van der Waals surface area contributed by atoms with Crippen molar-refractivity contribution in [2.45, 2.75) is 6.42 Å². The zero-order valence-corrected chi connectivity index (χ0v) is 9.27. The summed E-state index contributed by atoms with van der Waals surface area (Å²) < 4.78 is 13.5. The fourth-order valence-electron chi connectivity index (χ4n) is 2.09. The van der Waals surface area contributed by atoms with E-state index in [9.17, 15) is 9.18 Å². The van der Waals surface area contributed by atoms with Gasteiger partial charge in [0.2, 0.25) is 0 Å². The number of carbonyl (C=O) groups is 1. The van der Waals surface area contributed by atoms with Gasteiger partial charge in [0.15, 0.2) is 0 Å². The second-order valence-electron chi connectivity index (χ2n) is 4.25. The van der Waals surface area contributed by atoms with Gasteiger partial charge in [-0.1, -0.05) is 0 Å². The van der Waals surface area contributed by atoms with Crippen LogP contribution in [0.1, 0.15) is 16.8 Å².